The Bertz CT molecular complexity index is 969. The molecule has 0 bridgehead atoms. The van der Waals surface area contributed by atoms with Crippen LogP contribution < -0.4 is 10.0 Å². The van der Waals surface area contributed by atoms with E-state index >= 15 is 0 Å². The van der Waals surface area contributed by atoms with Crippen molar-refractivity contribution in [1.29, 1.82) is 0 Å². The smallest absolute Gasteiger partial charge is 0.321 e. The molecule has 2 N–H and O–H groups in total. The summed E-state index contributed by atoms with van der Waals surface area (Å²) in [7, 11) is -4.02. The average molecular weight is 435 g/mol. The van der Waals surface area contributed by atoms with Gasteiger partial charge in [0.2, 0.25) is 10.0 Å². The van der Waals surface area contributed by atoms with Crippen LogP contribution in [-0.4, -0.2) is 33.4 Å². The molecular weight excluding hydrogens is 422 g/mol. The van der Waals surface area contributed by atoms with E-state index in [9.17, 15) is 22.4 Å². The van der Waals surface area contributed by atoms with Crippen molar-refractivity contribution in [3.8, 4) is 0 Å². The number of carbonyl (C=O) groups excluding carboxylic acids is 2. The van der Waals surface area contributed by atoms with Crippen LogP contribution in [0.2, 0.25) is 10.0 Å². The molecule has 2 aromatic carbocycles. The summed E-state index contributed by atoms with van der Waals surface area (Å²) >= 11 is 11.5. The maximum absolute atomic E-state index is 13.0. The van der Waals surface area contributed by atoms with E-state index in [1.54, 1.807) is 0 Å². The van der Waals surface area contributed by atoms with Crippen molar-refractivity contribution in [3.63, 3.8) is 0 Å². The number of benzene rings is 2. The normalized spacial score (nSPS) is 11.1. The zero-order chi connectivity index (χ0) is 20.0. The van der Waals surface area contributed by atoms with E-state index in [0.29, 0.717) is 0 Å². The van der Waals surface area contributed by atoms with Crippen molar-refractivity contribution in [2.24, 2.45) is 0 Å². The molecule has 0 spiro atoms. The molecule has 2 aromatic rings. The highest BCUT2D eigenvalue weighted by molar-refractivity contribution is 7.89. The molecule has 0 saturated heterocycles. The summed E-state index contributed by atoms with van der Waals surface area (Å²) in [5.41, 5.74) is 0.191. The van der Waals surface area contributed by atoms with Crippen LogP contribution in [0.4, 0.5) is 10.1 Å². The summed E-state index contributed by atoms with van der Waals surface area (Å²) in [4.78, 5) is 23.1. The van der Waals surface area contributed by atoms with Crippen LogP contribution in [0, 0.1) is 5.82 Å². The molecular formula is C16H13Cl2FN2O5S. The second-order valence-electron chi connectivity index (χ2n) is 5.12. The summed E-state index contributed by atoms with van der Waals surface area (Å²) in [6.07, 6.45) is 0. The fourth-order valence-electron chi connectivity index (χ4n) is 1.84. The molecule has 11 heteroatoms. The Morgan fingerprint density at radius 2 is 1.81 bits per heavy atom. The fraction of sp³-hybridized carbons (Fsp3) is 0.125. The first-order valence-corrected chi connectivity index (χ1v) is 9.57. The highest BCUT2D eigenvalue weighted by Crippen LogP contribution is 2.24. The number of sulfonamides is 1. The van der Waals surface area contributed by atoms with Gasteiger partial charge in [0, 0.05) is 5.69 Å². The number of amides is 1. The van der Waals surface area contributed by atoms with Gasteiger partial charge in [-0.05, 0) is 36.4 Å². The second kappa shape index (κ2) is 9.14. The molecule has 2 rings (SSSR count). The van der Waals surface area contributed by atoms with Crippen LogP contribution in [-0.2, 0) is 24.3 Å². The van der Waals surface area contributed by atoms with E-state index in [2.05, 4.69) is 10.1 Å². The Morgan fingerprint density at radius 1 is 1.07 bits per heavy atom. The molecule has 144 valence electrons. The second-order valence-corrected chi connectivity index (χ2v) is 7.70. The predicted molar refractivity (Wildman–Crippen MR) is 97.6 cm³/mol. The lowest BCUT2D eigenvalue weighted by Gasteiger charge is -2.09. The SMILES string of the molecule is O=C(COC(=O)CNS(=O)(=O)c1ccc(Cl)c(Cl)c1)Nc1cccc(F)c1. The number of anilines is 1. The van der Waals surface area contributed by atoms with Gasteiger partial charge < -0.3 is 10.1 Å². The number of hydrogen-bond acceptors (Lipinski definition) is 5. The molecule has 0 heterocycles. The lowest BCUT2D eigenvalue weighted by Crippen LogP contribution is -2.32. The minimum absolute atomic E-state index is 0.0381. The highest BCUT2D eigenvalue weighted by Gasteiger charge is 2.18. The Balaban J connectivity index is 1.83. The molecule has 0 aromatic heterocycles. The highest BCUT2D eigenvalue weighted by atomic mass is 35.5. The largest absolute Gasteiger partial charge is 0.455 e. The number of ether oxygens (including phenoxy) is 1. The first kappa shape index (κ1) is 21.1. The molecule has 0 saturated carbocycles. The third kappa shape index (κ3) is 6.47. The Hall–Kier alpha value is -2.20. The van der Waals surface area contributed by atoms with Gasteiger partial charge in [-0.3, -0.25) is 9.59 Å². The van der Waals surface area contributed by atoms with Crippen LogP contribution >= 0.6 is 23.2 Å². The molecule has 0 radical (unpaired) electrons. The predicted octanol–water partition coefficient (Wildman–Crippen LogP) is 2.59. The Kier molecular flexibility index (Phi) is 7.14. The maximum Gasteiger partial charge on any atom is 0.321 e. The molecule has 7 nitrogen and oxygen atoms in total. The lowest BCUT2D eigenvalue weighted by atomic mass is 10.3. The van der Waals surface area contributed by atoms with Gasteiger partial charge >= 0.3 is 5.97 Å². The number of rotatable bonds is 7. The molecule has 0 aliphatic carbocycles. The minimum atomic E-state index is -4.02. The third-order valence-electron chi connectivity index (χ3n) is 3.08. The van der Waals surface area contributed by atoms with Crippen molar-refractivity contribution in [3.05, 3.63) is 58.3 Å². The third-order valence-corrected chi connectivity index (χ3v) is 5.22. The van der Waals surface area contributed by atoms with E-state index in [0.717, 1.165) is 12.1 Å². The molecule has 0 fully saturated rings. The van der Waals surface area contributed by atoms with Crippen LogP contribution in [0.5, 0.6) is 0 Å². The molecule has 0 unspecified atom stereocenters. The van der Waals surface area contributed by atoms with E-state index in [-0.39, 0.29) is 20.6 Å². The average Bonchev–Trinajstić information content (AvgIpc) is 2.60. The summed E-state index contributed by atoms with van der Waals surface area (Å²) in [5.74, 6) is -2.23. The van der Waals surface area contributed by atoms with E-state index in [1.165, 1.54) is 30.3 Å². The molecule has 27 heavy (non-hydrogen) atoms. The van der Waals surface area contributed by atoms with Gasteiger partial charge in [0.15, 0.2) is 6.61 Å². The van der Waals surface area contributed by atoms with Crippen LogP contribution in [0.15, 0.2) is 47.4 Å². The summed E-state index contributed by atoms with van der Waals surface area (Å²) in [6, 6.07) is 8.79. The van der Waals surface area contributed by atoms with Crippen LogP contribution in [0.1, 0.15) is 0 Å². The lowest BCUT2D eigenvalue weighted by molar-refractivity contribution is -0.146. The number of esters is 1. The van der Waals surface area contributed by atoms with Crippen molar-refractivity contribution < 1.29 is 27.1 Å². The summed E-state index contributed by atoms with van der Waals surface area (Å²) in [6.45, 7) is -1.36. The number of halogens is 3. The van der Waals surface area contributed by atoms with E-state index in [4.69, 9.17) is 23.2 Å². The quantitative estimate of drug-likeness (QED) is 0.652. The topological polar surface area (TPSA) is 102 Å². The zero-order valence-electron chi connectivity index (χ0n) is 13.5. The van der Waals surface area contributed by atoms with Crippen molar-refractivity contribution in [2.45, 2.75) is 4.90 Å². The van der Waals surface area contributed by atoms with Crippen LogP contribution in [0.25, 0.3) is 0 Å². The number of nitrogens with one attached hydrogen (secondary N) is 2. The van der Waals surface area contributed by atoms with Crippen molar-refractivity contribution in [1.82, 2.24) is 4.72 Å². The Morgan fingerprint density at radius 3 is 2.48 bits per heavy atom. The molecule has 0 aliphatic rings. The van der Waals surface area contributed by atoms with Gasteiger partial charge in [-0.15, -0.1) is 0 Å². The summed E-state index contributed by atoms with van der Waals surface area (Å²) in [5, 5.41) is 2.54. The fourth-order valence-corrected chi connectivity index (χ4v) is 3.20. The Labute approximate surface area is 164 Å². The maximum atomic E-state index is 13.0. The monoisotopic (exact) mass is 434 g/mol. The van der Waals surface area contributed by atoms with E-state index in [1.807, 2.05) is 4.72 Å². The van der Waals surface area contributed by atoms with Gasteiger partial charge in [0.05, 0.1) is 14.9 Å². The molecule has 0 atom stereocenters. The van der Waals surface area contributed by atoms with Gasteiger partial charge in [0.25, 0.3) is 5.91 Å². The first-order valence-electron chi connectivity index (χ1n) is 7.33. The number of carbonyl (C=O) groups is 2. The standard InChI is InChI=1S/C16H13Cl2FN2O5S/c17-13-5-4-12(7-14(13)18)27(24,25)20-8-16(23)26-9-15(22)21-11-3-1-2-10(19)6-11/h1-7,20H,8-9H2,(H,21,22). The van der Waals surface area contributed by atoms with Gasteiger partial charge in [-0.2, -0.15) is 4.72 Å². The van der Waals surface area contributed by atoms with Crippen LogP contribution in [0.3, 0.4) is 0 Å². The van der Waals surface area contributed by atoms with E-state index < -0.39 is 40.9 Å². The number of hydrogen-bond donors (Lipinski definition) is 2. The summed E-state index contributed by atoms with van der Waals surface area (Å²) < 4.78 is 43.8. The molecule has 0 aliphatic heterocycles. The molecule has 1 amide bonds. The van der Waals surface area contributed by atoms with Crippen molar-refractivity contribution in [2.75, 3.05) is 18.5 Å². The van der Waals surface area contributed by atoms with Gasteiger partial charge in [-0.25, -0.2) is 12.8 Å². The van der Waals surface area contributed by atoms with Gasteiger partial charge in [0.1, 0.15) is 12.4 Å². The van der Waals surface area contributed by atoms with Gasteiger partial charge in [-0.1, -0.05) is 29.3 Å². The first-order chi connectivity index (χ1) is 12.7. The minimum Gasteiger partial charge on any atom is -0.455 e. The zero-order valence-corrected chi connectivity index (χ0v) is 15.9. The van der Waals surface area contributed by atoms with Crippen molar-refractivity contribution >= 4 is 50.8 Å².